The molecule has 1 fully saturated rings. The van der Waals surface area contributed by atoms with Crippen molar-refractivity contribution >= 4 is 35.8 Å². The van der Waals surface area contributed by atoms with Crippen LogP contribution in [0.15, 0.2) is 24.3 Å². The van der Waals surface area contributed by atoms with Crippen molar-refractivity contribution in [3.05, 3.63) is 34.9 Å². The number of nitrogens with one attached hydrogen (secondary N) is 2. The lowest BCUT2D eigenvalue weighted by molar-refractivity contribution is -0.126. The quantitative estimate of drug-likeness (QED) is 0.752. The van der Waals surface area contributed by atoms with Crippen LogP contribution < -0.4 is 16.4 Å². The molecule has 0 heterocycles. The second kappa shape index (κ2) is 9.11. The third-order valence-electron chi connectivity index (χ3n) is 4.11. The van der Waals surface area contributed by atoms with Crippen molar-refractivity contribution < 1.29 is 9.59 Å². The molecule has 0 saturated heterocycles. The summed E-state index contributed by atoms with van der Waals surface area (Å²) in [6.45, 7) is -0.166. The molecule has 1 aromatic rings. The normalized spacial score (nSPS) is 16.1. The van der Waals surface area contributed by atoms with Crippen LogP contribution in [-0.2, 0) is 15.1 Å². The van der Waals surface area contributed by atoms with Gasteiger partial charge in [0, 0.05) is 5.02 Å². The average Bonchev–Trinajstić information content (AvgIpc) is 2.54. The molecule has 0 atom stereocenters. The van der Waals surface area contributed by atoms with Crippen LogP contribution in [0.5, 0.6) is 0 Å². The van der Waals surface area contributed by atoms with Crippen LogP contribution in [-0.4, -0.2) is 24.9 Å². The van der Waals surface area contributed by atoms with Gasteiger partial charge in [0.05, 0.1) is 18.6 Å². The Morgan fingerprint density at radius 1 is 1.09 bits per heavy atom. The Labute approximate surface area is 147 Å². The van der Waals surface area contributed by atoms with Gasteiger partial charge in [0.2, 0.25) is 11.8 Å². The second-order valence-electron chi connectivity index (χ2n) is 5.68. The first-order valence-corrected chi connectivity index (χ1v) is 7.97. The van der Waals surface area contributed by atoms with Crippen molar-refractivity contribution in [2.75, 3.05) is 13.1 Å². The topological polar surface area (TPSA) is 84.2 Å². The summed E-state index contributed by atoms with van der Waals surface area (Å²) in [5.74, 6) is -0.530. The number of benzene rings is 1. The maximum Gasteiger partial charge on any atom is 0.240 e. The van der Waals surface area contributed by atoms with Gasteiger partial charge in [-0.25, -0.2) is 0 Å². The van der Waals surface area contributed by atoms with Crippen LogP contribution in [0, 0.1) is 0 Å². The van der Waals surface area contributed by atoms with Crippen LogP contribution in [0.25, 0.3) is 0 Å². The van der Waals surface area contributed by atoms with E-state index in [0.29, 0.717) is 5.02 Å². The minimum atomic E-state index is -0.368. The minimum absolute atomic E-state index is 0. The van der Waals surface area contributed by atoms with E-state index in [1.54, 1.807) is 0 Å². The fourth-order valence-electron chi connectivity index (χ4n) is 2.97. The molecule has 7 heteroatoms. The van der Waals surface area contributed by atoms with Gasteiger partial charge in [0.25, 0.3) is 0 Å². The van der Waals surface area contributed by atoms with E-state index in [-0.39, 0.29) is 42.8 Å². The lowest BCUT2D eigenvalue weighted by Gasteiger charge is -2.39. The molecule has 1 aliphatic rings. The molecule has 0 aliphatic heterocycles. The van der Waals surface area contributed by atoms with Crippen LogP contribution in [0.3, 0.4) is 0 Å². The fourth-order valence-corrected chi connectivity index (χ4v) is 3.10. The summed E-state index contributed by atoms with van der Waals surface area (Å²) in [6, 6.07) is 7.62. The second-order valence-corrected chi connectivity index (χ2v) is 6.12. The molecule has 128 valence electrons. The molecule has 0 aromatic heterocycles. The summed E-state index contributed by atoms with van der Waals surface area (Å²) in [4.78, 5) is 23.3. The molecule has 0 unspecified atom stereocenters. The summed E-state index contributed by atoms with van der Waals surface area (Å²) >= 11 is 5.96. The summed E-state index contributed by atoms with van der Waals surface area (Å²) in [7, 11) is 0. The molecule has 2 amide bonds. The van der Waals surface area contributed by atoms with Crippen LogP contribution in [0.2, 0.25) is 5.02 Å². The summed E-state index contributed by atoms with van der Waals surface area (Å²) < 4.78 is 0. The van der Waals surface area contributed by atoms with Gasteiger partial charge in [0.15, 0.2) is 0 Å². The van der Waals surface area contributed by atoms with Gasteiger partial charge in [-0.15, -0.1) is 12.4 Å². The first-order valence-electron chi connectivity index (χ1n) is 7.59. The van der Waals surface area contributed by atoms with E-state index in [2.05, 4.69) is 10.6 Å². The molecular formula is C16H23Cl2N3O2. The van der Waals surface area contributed by atoms with Crippen LogP contribution in [0.1, 0.15) is 37.7 Å². The van der Waals surface area contributed by atoms with Crippen LogP contribution in [0.4, 0.5) is 0 Å². The molecule has 1 aliphatic carbocycles. The standard InChI is InChI=1S/C16H22ClN3O2.ClH/c17-13-6-4-12(5-7-13)16(8-2-1-3-9-16)20-15(22)11-19-14(21)10-18;/h4-7H,1-3,8-11,18H2,(H,19,21)(H,20,22);1H. The molecule has 5 nitrogen and oxygen atoms in total. The Morgan fingerprint density at radius 2 is 1.70 bits per heavy atom. The van der Waals surface area contributed by atoms with Crippen molar-refractivity contribution in [2.24, 2.45) is 5.73 Å². The van der Waals surface area contributed by atoms with Crippen molar-refractivity contribution in [3.63, 3.8) is 0 Å². The predicted molar refractivity (Wildman–Crippen MR) is 93.7 cm³/mol. The van der Waals surface area contributed by atoms with Gasteiger partial charge in [-0.05, 0) is 30.5 Å². The largest absolute Gasteiger partial charge is 0.346 e. The van der Waals surface area contributed by atoms with Crippen LogP contribution >= 0.6 is 24.0 Å². The minimum Gasteiger partial charge on any atom is -0.346 e. The number of hydrogen-bond acceptors (Lipinski definition) is 3. The summed E-state index contributed by atoms with van der Waals surface area (Å²) in [6.07, 6.45) is 5.10. The number of nitrogens with two attached hydrogens (primary N) is 1. The number of halogens is 2. The van der Waals surface area contributed by atoms with Gasteiger partial charge in [-0.3, -0.25) is 9.59 Å². The zero-order valence-electron chi connectivity index (χ0n) is 12.9. The Morgan fingerprint density at radius 3 is 2.26 bits per heavy atom. The maximum absolute atomic E-state index is 12.2. The van der Waals surface area contributed by atoms with E-state index in [1.807, 2.05) is 24.3 Å². The van der Waals surface area contributed by atoms with E-state index < -0.39 is 0 Å². The van der Waals surface area contributed by atoms with Crippen molar-refractivity contribution in [3.8, 4) is 0 Å². The monoisotopic (exact) mass is 359 g/mol. The molecule has 1 saturated carbocycles. The highest BCUT2D eigenvalue weighted by Crippen LogP contribution is 2.37. The number of carbonyl (C=O) groups is 2. The highest BCUT2D eigenvalue weighted by molar-refractivity contribution is 6.30. The molecular weight excluding hydrogens is 337 g/mol. The number of rotatable bonds is 5. The summed E-state index contributed by atoms with van der Waals surface area (Å²) in [5.41, 5.74) is 5.91. The lowest BCUT2D eigenvalue weighted by atomic mass is 9.76. The maximum atomic E-state index is 12.2. The highest BCUT2D eigenvalue weighted by atomic mass is 35.5. The Kier molecular flexibility index (Phi) is 7.82. The third kappa shape index (κ3) is 5.37. The molecule has 2 rings (SSSR count). The number of amides is 2. The smallest absolute Gasteiger partial charge is 0.240 e. The molecule has 0 radical (unpaired) electrons. The van der Waals surface area contributed by atoms with Crippen molar-refractivity contribution in [1.29, 1.82) is 0 Å². The van der Waals surface area contributed by atoms with E-state index in [1.165, 1.54) is 6.42 Å². The predicted octanol–water partition coefficient (Wildman–Crippen LogP) is 2.11. The molecule has 0 spiro atoms. The van der Waals surface area contributed by atoms with E-state index in [0.717, 1.165) is 31.2 Å². The average molecular weight is 360 g/mol. The summed E-state index contributed by atoms with van der Waals surface area (Å²) in [5, 5.41) is 6.29. The zero-order valence-corrected chi connectivity index (χ0v) is 14.5. The Bertz CT molecular complexity index is 529. The van der Waals surface area contributed by atoms with Gasteiger partial charge < -0.3 is 16.4 Å². The van der Waals surface area contributed by atoms with Gasteiger partial charge in [-0.2, -0.15) is 0 Å². The molecule has 1 aromatic carbocycles. The lowest BCUT2D eigenvalue weighted by Crippen LogP contribution is -2.50. The first kappa shape index (κ1) is 19.7. The van der Waals surface area contributed by atoms with Gasteiger partial charge in [-0.1, -0.05) is 43.0 Å². The van der Waals surface area contributed by atoms with E-state index >= 15 is 0 Å². The third-order valence-corrected chi connectivity index (χ3v) is 4.37. The molecule has 4 N–H and O–H groups in total. The van der Waals surface area contributed by atoms with E-state index in [4.69, 9.17) is 17.3 Å². The molecule has 0 bridgehead atoms. The van der Waals surface area contributed by atoms with Crippen molar-refractivity contribution in [1.82, 2.24) is 10.6 Å². The number of carbonyl (C=O) groups excluding carboxylic acids is 2. The first-order chi connectivity index (χ1) is 10.6. The number of hydrogen-bond donors (Lipinski definition) is 3. The van der Waals surface area contributed by atoms with E-state index in [9.17, 15) is 9.59 Å². The molecule has 23 heavy (non-hydrogen) atoms. The van der Waals surface area contributed by atoms with Gasteiger partial charge in [0.1, 0.15) is 0 Å². The SMILES string of the molecule is Cl.NCC(=O)NCC(=O)NC1(c2ccc(Cl)cc2)CCCCC1. The van der Waals surface area contributed by atoms with Crippen molar-refractivity contribution in [2.45, 2.75) is 37.6 Å². The Hall–Kier alpha value is -1.30. The highest BCUT2D eigenvalue weighted by Gasteiger charge is 2.35. The fraction of sp³-hybridized carbons (Fsp3) is 0.500. The van der Waals surface area contributed by atoms with Gasteiger partial charge >= 0.3 is 0 Å². The Balaban J connectivity index is 0.00000264. The zero-order chi connectivity index (χ0) is 16.0.